The lowest BCUT2D eigenvalue weighted by Gasteiger charge is -2.60. The SMILES string of the molecule is CC1(C)CC(CO)(C2(O)CCCOCC2)C1. The molecule has 0 amide bonds. The fourth-order valence-corrected chi connectivity index (χ4v) is 3.83. The Morgan fingerprint density at radius 1 is 1.12 bits per heavy atom. The summed E-state index contributed by atoms with van der Waals surface area (Å²) in [5, 5.41) is 20.5. The van der Waals surface area contributed by atoms with Crippen molar-refractivity contribution in [1.29, 1.82) is 0 Å². The zero-order valence-corrected chi connectivity index (χ0v) is 10.5. The van der Waals surface area contributed by atoms with Gasteiger partial charge in [0.05, 0.1) is 12.2 Å². The molecule has 2 N–H and O–H groups in total. The number of rotatable bonds is 2. The minimum absolute atomic E-state index is 0.104. The molecule has 0 aromatic heterocycles. The van der Waals surface area contributed by atoms with Crippen molar-refractivity contribution in [2.75, 3.05) is 19.8 Å². The fourth-order valence-electron chi connectivity index (χ4n) is 3.83. The van der Waals surface area contributed by atoms with E-state index in [1.807, 2.05) is 0 Å². The van der Waals surface area contributed by atoms with Crippen molar-refractivity contribution in [3.05, 3.63) is 0 Å². The van der Waals surface area contributed by atoms with Crippen LogP contribution in [0.4, 0.5) is 0 Å². The maximum absolute atomic E-state index is 10.8. The van der Waals surface area contributed by atoms with Gasteiger partial charge in [-0.15, -0.1) is 0 Å². The van der Waals surface area contributed by atoms with Gasteiger partial charge in [-0.25, -0.2) is 0 Å². The first-order chi connectivity index (χ1) is 7.43. The third-order valence-corrected chi connectivity index (χ3v) is 4.46. The second-order valence-corrected chi connectivity index (χ2v) is 6.45. The lowest BCUT2D eigenvalue weighted by atomic mass is 9.47. The Kier molecular flexibility index (Phi) is 3.06. The molecular formula is C13H24O3. The molecule has 0 radical (unpaired) electrons. The summed E-state index contributed by atoms with van der Waals surface area (Å²) in [5.74, 6) is 0. The minimum Gasteiger partial charge on any atom is -0.396 e. The molecule has 3 nitrogen and oxygen atoms in total. The highest BCUT2D eigenvalue weighted by Gasteiger charge is 2.59. The highest BCUT2D eigenvalue weighted by molar-refractivity contribution is 5.10. The lowest BCUT2D eigenvalue weighted by Crippen LogP contribution is -2.60. The van der Waals surface area contributed by atoms with Crippen LogP contribution in [0.25, 0.3) is 0 Å². The van der Waals surface area contributed by atoms with E-state index in [1.165, 1.54) is 0 Å². The summed E-state index contributed by atoms with van der Waals surface area (Å²) in [5.41, 5.74) is -0.719. The van der Waals surface area contributed by atoms with Gasteiger partial charge in [0.2, 0.25) is 0 Å². The third-order valence-electron chi connectivity index (χ3n) is 4.46. The molecule has 1 aliphatic heterocycles. The van der Waals surface area contributed by atoms with E-state index in [9.17, 15) is 10.2 Å². The predicted molar refractivity (Wildman–Crippen MR) is 62.2 cm³/mol. The molecule has 1 atom stereocenters. The molecule has 0 bridgehead atoms. The summed E-state index contributed by atoms with van der Waals surface area (Å²) in [6.07, 6.45) is 4.19. The Morgan fingerprint density at radius 3 is 2.38 bits per heavy atom. The summed E-state index contributed by atoms with van der Waals surface area (Å²) >= 11 is 0. The van der Waals surface area contributed by atoms with Crippen molar-refractivity contribution in [2.45, 2.75) is 51.6 Å². The van der Waals surface area contributed by atoms with Crippen LogP contribution in [0.15, 0.2) is 0 Å². The summed E-state index contributed by atoms with van der Waals surface area (Å²) in [6.45, 7) is 5.88. The summed E-state index contributed by atoms with van der Waals surface area (Å²) in [7, 11) is 0. The molecule has 16 heavy (non-hydrogen) atoms. The van der Waals surface area contributed by atoms with Crippen LogP contribution in [0, 0.1) is 10.8 Å². The van der Waals surface area contributed by atoms with Crippen molar-refractivity contribution < 1.29 is 14.9 Å². The van der Waals surface area contributed by atoms with Crippen LogP contribution in [0.2, 0.25) is 0 Å². The first kappa shape index (κ1) is 12.3. The van der Waals surface area contributed by atoms with E-state index in [0.29, 0.717) is 13.0 Å². The number of hydrogen-bond donors (Lipinski definition) is 2. The van der Waals surface area contributed by atoms with Crippen molar-refractivity contribution in [3.63, 3.8) is 0 Å². The first-order valence-electron chi connectivity index (χ1n) is 6.34. The number of ether oxygens (including phenoxy) is 1. The van der Waals surface area contributed by atoms with Gasteiger partial charge in [-0.3, -0.25) is 0 Å². The van der Waals surface area contributed by atoms with Gasteiger partial charge in [0.15, 0.2) is 0 Å². The molecular weight excluding hydrogens is 204 g/mol. The van der Waals surface area contributed by atoms with Crippen LogP contribution in [0.3, 0.4) is 0 Å². The van der Waals surface area contributed by atoms with Crippen molar-refractivity contribution in [1.82, 2.24) is 0 Å². The van der Waals surface area contributed by atoms with E-state index < -0.39 is 5.60 Å². The molecule has 2 rings (SSSR count). The van der Waals surface area contributed by atoms with Crippen molar-refractivity contribution >= 4 is 0 Å². The van der Waals surface area contributed by atoms with Crippen LogP contribution in [0.1, 0.15) is 46.0 Å². The predicted octanol–water partition coefficient (Wildman–Crippen LogP) is 1.72. The van der Waals surface area contributed by atoms with E-state index in [-0.39, 0.29) is 17.4 Å². The number of hydrogen-bond acceptors (Lipinski definition) is 3. The van der Waals surface area contributed by atoms with Gasteiger partial charge >= 0.3 is 0 Å². The van der Waals surface area contributed by atoms with E-state index in [1.54, 1.807) is 0 Å². The van der Waals surface area contributed by atoms with Crippen LogP contribution >= 0.6 is 0 Å². The molecule has 1 heterocycles. The average Bonchev–Trinajstić information content (AvgIpc) is 2.39. The minimum atomic E-state index is -0.715. The van der Waals surface area contributed by atoms with Crippen molar-refractivity contribution in [2.24, 2.45) is 10.8 Å². The largest absolute Gasteiger partial charge is 0.396 e. The summed E-state index contributed by atoms with van der Waals surface area (Å²) < 4.78 is 5.41. The molecule has 3 heteroatoms. The van der Waals surface area contributed by atoms with Crippen LogP contribution in [-0.2, 0) is 4.74 Å². The molecule has 0 spiro atoms. The highest BCUT2D eigenvalue weighted by Crippen LogP contribution is 2.61. The Bertz CT molecular complexity index is 244. The molecule has 1 unspecified atom stereocenters. The molecule has 2 fully saturated rings. The van der Waals surface area contributed by atoms with Crippen LogP contribution in [0.5, 0.6) is 0 Å². The quantitative estimate of drug-likeness (QED) is 0.756. The van der Waals surface area contributed by atoms with Gasteiger partial charge in [-0.05, 0) is 31.1 Å². The number of aliphatic hydroxyl groups is 2. The Labute approximate surface area is 97.8 Å². The zero-order chi connectivity index (χ0) is 11.9. The molecule has 0 aromatic carbocycles. The molecule has 1 aliphatic carbocycles. The standard InChI is InChI=1S/C13H24O3/c1-11(2)8-12(9-11,10-14)13(15)4-3-6-16-7-5-13/h14-15H,3-10H2,1-2H3. The van der Waals surface area contributed by atoms with Gasteiger partial charge < -0.3 is 14.9 Å². The van der Waals surface area contributed by atoms with E-state index in [4.69, 9.17) is 4.74 Å². The topological polar surface area (TPSA) is 49.7 Å². The fraction of sp³-hybridized carbons (Fsp3) is 1.00. The van der Waals surface area contributed by atoms with Gasteiger partial charge in [-0.1, -0.05) is 13.8 Å². The molecule has 94 valence electrons. The molecule has 2 aliphatic rings. The molecule has 0 aromatic rings. The van der Waals surface area contributed by atoms with E-state index in [0.717, 1.165) is 32.3 Å². The second kappa shape index (κ2) is 3.97. The normalized spacial score (nSPS) is 37.5. The molecule has 1 saturated heterocycles. The summed E-state index contributed by atoms with van der Waals surface area (Å²) in [4.78, 5) is 0. The highest BCUT2D eigenvalue weighted by atomic mass is 16.5. The molecule has 1 saturated carbocycles. The van der Waals surface area contributed by atoms with E-state index in [2.05, 4.69) is 13.8 Å². The smallest absolute Gasteiger partial charge is 0.0748 e. The Morgan fingerprint density at radius 2 is 1.81 bits per heavy atom. The Balaban J connectivity index is 2.14. The third kappa shape index (κ3) is 1.89. The second-order valence-electron chi connectivity index (χ2n) is 6.45. The van der Waals surface area contributed by atoms with Gasteiger partial charge in [0, 0.05) is 25.0 Å². The number of aliphatic hydroxyl groups excluding tert-OH is 1. The summed E-state index contributed by atoms with van der Waals surface area (Å²) in [6, 6.07) is 0. The van der Waals surface area contributed by atoms with Crippen LogP contribution in [-0.4, -0.2) is 35.6 Å². The zero-order valence-electron chi connectivity index (χ0n) is 10.5. The van der Waals surface area contributed by atoms with Crippen molar-refractivity contribution in [3.8, 4) is 0 Å². The van der Waals surface area contributed by atoms with Gasteiger partial charge in [0.1, 0.15) is 0 Å². The Hall–Kier alpha value is -0.120. The maximum Gasteiger partial charge on any atom is 0.0748 e. The monoisotopic (exact) mass is 228 g/mol. The lowest BCUT2D eigenvalue weighted by molar-refractivity contribution is -0.201. The van der Waals surface area contributed by atoms with E-state index >= 15 is 0 Å². The first-order valence-corrected chi connectivity index (χ1v) is 6.34. The van der Waals surface area contributed by atoms with Gasteiger partial charge in [0.25, 0.3) is 0 Å². The van der Waals surface area contributed by atoms with Gasteiger partial charge in [-0.2, -0.15) is 0 Å². The van der Waals surface area contributed by atoms with Crippen LogP contribution < -0.4 is 0 Å². The maximum atomic E-state index is 10.8. The average molecular weight is 228 g/mol.